The van der Waals surface area contributed by atoms with Crippen molar-refractivity contribution in [3.8, 4) is 6.07 Å². The molecule has 2 aromatic carbocycles. The number of piperazine rings is 1. The highest BCUT2D eigenvalue weighted by Gasteiger charge is 2.20. The number of aryl methyl sites for hydroxylation is 1. The van der Waals surface area contributed by atoms with Crippen molar-refractivity contribution in [1.82, 2.24) is 9.80 Å². The van der Waals surface area contributed by atoms with Crippen LogP contribution in [0.25, 0.3) is 0 Å². The van der Waals surface area contributed by atoms with Crippen LogP contribution in [0.3, 0.4) is 0 Å². The van der Waals surface area contributed by atoms with Gasteiger partial charge in [0.1, 0.15) is 0 Å². The van der Waals surface area contributed by atoms with Crippen LogP contribution in [-0.2, 0) is 11.3 Å². The Morgan fingerprint density at radius 2 is 1.79 bits per heavy atom. The third kappa shape index (κ3) is 5.60. The number of nitro groups is 1. The topological polar surface area (TPSA) is 103 Å². The van der Waals surface area contributed by atoms with Gasteiger partial charge in [0.05, 0.1) is 28.8 Å². The molecular formula is C21H23N5O3. The average molecular weight is 393 g/mol. The second kappa shape index (κ2) is 9.28. The van der Waals surface area contributed by atoms with Crippen LogP contribution in [0.15, 0.2) is 42.5 Å². The first-order chi connectivity index (χ1) is 13.9. The van der Waals surface area contributed by atoms with E-state index in [1.807, 2.05) is 24.3 Å². The van der Waals surface area contributed by atoms with E-state index in [1.54, 1.807) is 13.0 Å². The van der Waals surface area contributed by atoms with Gasteiger partial charge in [0, 0.05) is 44.9 Å². The number of hydrogen-bond acceptors (Lipinski definition) is 6. The van der Waals surface area contributed by atoms with Gasteiger partial charge in [-0.05, 0) is 30.2 Å². The number of rotatable bonds is 6. The van der Waals surface area contributed by atoms with Gasteiger partial charge in [0.25, 0.3) is 5.69 Å². The molecule has 1 aliphatic rings. The van der Waals surface area contributed by atoms with Gasteiger partial charge < -0.3 is 5.32 Å². The molecule has 3 rings (SSSR count). The molecule has 0 radical (unpaired) electrons. The van der Waals surface area contributed by atoms with E-state index in [9.17, 15) is 14.9 Å². The number of carbonyl (C=O) groups is 1. The van der Waals surface area contributed by atoms with E-state index in [0.29, 0.717) is 11.3 Å². The maximum atomic E-state index is 12.4. The van der Waals surface area contributed by atoms with Gasteiger partial charge in [-0.3, -0.25) is 24.7 Å². The fourth-order valence-corrected chi connectivity index (χ4v) is 3.30. The Kier molecular flexibility index (Phi) is 6.54. The molecule has 0 aromatic heterocycles. The summed E-state index contributed by atoms with van der Waals surface area (Å²) < 4.78 is 0. The number of anilines is 1. The Balaban J connectivity index is 1.48. The first kappa shape index (κ1) is 20.5. The van der Waals surface area contributed by atoms with Crippen LogP contribution in [0.5, 0.6) is 0 Å². The maximum Gasteiger partial charge on any atom is 0.271 e. The monoisotopic (exact) mass is 393 g/mol. The Hall–Kier alpha value is -3.28. The molecule has 150 valence electrons. The summed E-state index contributed by atoms with van der Waals surface area (Å²) in [5.41, 5.74) is 3.04. The van der Waals surface area contributed by atoms with E-state index in [2.05, 4.69) is 21.2 Å². The van der Waals surface area contributed by atoms with Crippen molar-refractivity contribution in [3.63, 3.8) is 0 Å². The number of benzene rings is 2. The van der Waals surface area contributed by atoms with Gasteiger partial charge in [-0.15, -0.1) is 0 Å². The van der Waals surface area contributed by atoms with E-state index in [1.165, 1.54) is 12.1 Å². The summed E-state index contributed by atoms with van der Waals surface area (Å²) in [7, 11) is 0. The van der Waals surface area contributed by atoms with Gasteiger partial charge in [0.15, 0.2) is 0 Å². The number of non-ortho nitro benzene ring substituents is 1. The van der Waals surface area contributed by atoms with Gasteiger partial charge in [-0.25, -0.2) is 0 Å². The van der Waals surface area contributed by atoms with Crippen LogP contribution in [0.1, 0.15) is 16.7 Å². The number of carbonyl (C=O) groups excluding carboxylic acids is 1. The second-order valence-corrected chi connectivity index (χ2v) is 7.17. The predicted octanol–water partition coefficient (Wildman–Crippen LogP) is 2.53. The third-order valence-electron chi connectivity index (χ3n) is 5.03. The second-order valence-electron chi connectivity index (χ2n) is 7.17. The zero-order chi connectivity index (χ0) is 20.8. The van der Waals surface area contributed by atoms with Gasteiger partial charge in [0.2, 0.25) is 5.91 Å². The standard InChI is InChI=1S/C21H23N5O3/c1-16-2-7-19(26(28)29)12-20(16)23-21(27)15-25-10-8-24(9-11-25)14-18-5-3-17(13-22)4-6-18/h2-7,12H,8-11,14-15H2,1H3,(H,23,27). The quantitative estimate of drug-likeness (QED) is 0.598. The number of nitrogens with one attached hydrogen (secondary N) is 1. The lowest BCUT2D eigenvalue weighted by molar-refractivity contribution is -0.384. The first-order valence-electron chi connectivity index (χ1n) is 9.43. The highest BCUT2D eigenvalue weighted by Crippen LogP contribution is 2.21. The third-order valence-corrected chi connectivity index (χ3v) is 5.03. The molecule has 1 aliphatic heterocycles. The summed E-state index contributed by atoms with van der Waals surface area (Å²) in [5.74, 6) is -0.172. The van der Waals surface area contributed by atoms with Gasteiger partial charge in [-0.1, -0.05) is 18.2 Å². The lowest BCUT2D eigenvalue weighted by atomic mass is 10.1. The number of nitriles is 1. The van der Waals surface area contributed by atoms with E-state index in [-0.39, 0.29) is 18.1 Å². The molecule has 2 aromatic rings. The fourth-order valence-electron chi connectivity index (χ4n) is 3.30. The van der Waals surface area contributed by atoms with Crippen molar-refractivity contribution in [1.29, 1.82) is 5.26 Å². The highest BCUT2D eigenvalue weighted by atomic mass is 16.6. The Morgan fingerprint density at radius 3 is 2.41 bits per heavy atom. The summed E-state index contributed by atoms with van der Waals surface area (Å²) >= 11 is 0. The molecule has 0 aliphatic carbocycles. The molecule has 1 amide bonds. The van der Waals surface area contributed by atoms with Crippen molar-refractivity contribution < 1.29 is 9.72 Å². The SMILES string of the molecule is Cc1ccc([N+](=O)[O-])cc1NC(=O)CN1CCN(Cc2ccc(C#N)cc2)CC1. The molecule has 0 atom stereocenters. The molecule has 1 fully saturated rings. The van der Waals surface area contributed by atoms with Crippen LogP contribution in [0.2, 0.25) is 0 Å². The smallest absolute Gasteiger partial charge is 0.271 e. The predicted molar refractivity (Wildman–Crippen MR) is 109 cm³/mol. The fraction of sp³-hybridized carbons (Fsp3) is 0.333. The Labute approximate surface area is 169 Å². The van der Waals surface area contributed by atoms with Gasteiger partial charge in [-0.2, -0.15) is 5.26 Å². The van der Waals surface area contributed by atoms with E-state index >= 15 is 0 Å². The molecule has 8 nitrogen and oxygen atoms in total. The maximum absolute atomic E-state index is 12.4. The van der Waals surface area contributed by atoms with E-state index in [4.69, 9.17) is 5.26 Å². The van der Waals surface area contributed by atoms with Crippen molar-refractivity contribution in [2.24, 2.45) is 0 Å². The van der Waals surface area contributed by atoms with Crippen molar-refractivity contribution in [2.45, 2.75) is 13.5 Å². The number of amides is 1. The highest BCUT2D eigenvalue weighted by molar-refractivity contribution is 5.93. The van der Waals surface area contributed by atoms with Gasteiger partial charge >= 0.3 is 0 Å². The molecule has 0 bridgehead atoms. The van der Waals surface area contributed by atoms with Crippen LogP contribution >= 0.6 is 0 Å². The largest absolute Gasteiger partial charge is 0.324 e. The lowest BCUT2D eigenvalue weighted by Gasteiger charge is -2.34. The summed E-state index contributed by atoms with van der Waals surface area (Å²) in [5, 5.41) is 22.6. The first-order valence-corrected chi connectivity index (χ1v) is 9.43. The van der Waals surface area contributed by atoms with Crippen LogP contribution in [0, 0.1) is 28.4 Å². The van der Waals surface area contributed by atoms with Crippen molar-refractivity contribution in [3.05, 3.63) is 69.3 Å². The molecule has 0 unspecified atom stereocenters. The molecule has 0 saturated carbocycles. The summed E-state index contributed by atoms with van der Waals surface area (Å²) in [6.45, 7) is 6.13. The molecule has 0 spiro atoms. The minimum atomic E-state index is -0.470. The van der Waals surface area contributed by atoms with Crippen LogP contribution < -0.4 is 5.32 Å². The molecule has 1 heterocycles. The van der Waals surface area contributed by atoms with E-state index in [0.717, 1.165) is 43.9 Å². The molecule has 1 N–H and O–H groups in total. The Morgan fingerprint density at radius 1 is 1.14 bits per heavy atom. The number of nitro benzene ring substituents is 1. The molecule has 29 heavy (non-hydrogen) atoms. The molecule has 8 heteroatoms. The Bertz CT molecular complexity index is 928. The van der Waals surface area contributed by atoms with Crippen LogP contribution in [-0.4, -0.2) is 53.4 Å². The number of hydrogen-bond donors (Lipinski definition) is 1. The van der Waals surface area contributed by atoms with Crippen molar-refractivity contribution in [2.75, 3.05) is 38.0 Å². The zero-order valence-corrected chi connectivity index (χ0v) is 16.3. The molecular weight excluding hydrogens is 370 g/mol. The lowest BCUT2D eigenvalue weighted by Crippen LogP contribution is -2.48. The van der Waals surface area contributed by atoms with Crippen LogP contribution in [0.4, 0.5) is 11.4 Å². The zero-order valence-electron chi connectivity index (χ0n) is 16.3. The average Bonchev–Trinajstić information content (AvgIpc) is 2.71. The summed E-state index contributed by atoms with van der Waals surface area (Å²) in [6, 6.07) is 14.2. The molecule has 1 saturated heterocycles. The normalized spacial score (nSPS) is 14.9. The summed E-state index contributed by atoms with van der Waals surface area (Å²) in [4.78, 5) is 27.2. The minimum absolute atomic E-state index is 0.0395. The van der Waals surface area contributed by atoms with E-state index < -0.39 is 4.92 Å². The number of nitrogens with zero attached hydrogens (tertiary/aromatic N) is 4. The van der Waals surface area contributed by atoms with Crippen molar-refractivity contribution >= 4 is 17.3 Å². The minimum Gasteiger partial charge on any atom is -0.324 e. The summed E-state index contributed by atoms with van der Waals surface area (Å²) in [6.07, 6.45) is 0.